The van der Waals surface area contributed by atoms with Crippen LogP contribution >= 0.6 is 0 Å². The van der Waals surface area contributed by atoms with Crippen LogP contribution in [-0.4, -0.2) is 45.1 Å². The molecule has 2 fully saturated rings. The lowest BCUT2D eigenvalue weighted by atomic mass is 10.1. The molecule has 0 aliphatic carbocycles. The number of nitrogens with zero attached hydrogens (tertiary/aromatic N) is 2. The van der Waals surface area contributed by atoms with E-state index in [0.29, 0.717) is 11.4 Å². The molecule has 0 aromatic heterocycles. The fraction of sp³-hybridized carbons (Fsp3) is 0.316. The summed E-state index contributed by atoms with van der Waals surface area (Å²) in [5.74, 6) is 0.489. The highest BCUT2D eigenvalue weighted by atomic mass is 32.2. The van der Waals surface area contributed by atoms with E-state index in [2.05, 4.69) is 0 Å². The molecule has 26 heavy (non-hydrogen) atoms. The Balaban J connectivity index is 1.86. The van der Waals surface area contributed by atoms with Gasteiger partial charge in [0.2, 0.25) is 0 Å². The molecule has 2 heterocycles. The summed E-state index contributed by atoms with van der Waals surface area (Å²) in [6.07, 6.45) is 0. The topological polar surface area (TPSA) is 66.9 Å². The van der Waals surface area contributed by atoms with E-state index in [1.54, 1.807) is 29.0 Å². The molecule has 2 aromatic rings. The Kier molecular flexibility index (Phi) is 3.91. The van der Waals surface area contributed by atoms with Crippen molar-refractivity contribution in [1.82, 2.24) is 0 Å². The zero-order valence-electron chi connectivity index (χ0n) is 14.6. The molecule has 6 nitrogen and oxygen atoms in total. The molecule has 2 saturated heterocycles. The number of carbonyl (C=O) groups excluding carboxylic acids is 1. The number of fused-ring (bicyclic) bond motifs is 1. The zero-order valence-corrected chi connectivity index (χ0v) is 15.4. The van der Waals surface area contributed by atoms with Crippen molar-refractivity contribution in [1.29, 1.82) is 0 Å². The van der Waals surface area contributed by atoms with Crippen LogP contribution in [0.5, 0.6) is 5.75 Å². The highest BCUT2D eigenvalue weighted by Crippen LogP contribution is 2.41. The van der Waals surface area contributed by atoms with Crippen molar-refractivity contribution < 1.29 is 17.9 Å². The lowest BCUT2D eigenvalue weighted by molar-refractivity contribution is 0.255. The molecule has 0 radical (unpaired) electrons. The van der Waals surface area contributed by atoms with Crippen molar-refractivity contribution in [3.8, 4) is 5.75 Å². The average Bonchev–Trinajstić information content (AvgIpc) is 3.04. The van der Waals surface area contributed by atoms with Crippen molar-refractivity contribution in [2.75, 3.05) is 28.4 Å². The second-order valence-corrected chi connectivity index (χ2v) is 8.85. The van der Waals surface area contributed by atoms with Crippen LogP contribution in [0.1, 0.15) is 5.56 Å². The van der Waals surface area contributed by atoms with Crippen LogP contribution in [0.2, 0.25) is 0 Å². The van der Waals surface area contributed by atoms with Gasteiger partial charge in [0.15, 0.2) is 9.84 Å². The van der Waals surface area contributed by atoms with Gasteiger partial charge in [-0.15, -0.1) is 0 Å². The number of anilines is 2. The van der Waals surface area contributed by atoms with Gasteiger partial charge in [0, 0.05) is 5.69 Å². The minimum Gasteiger partial charge on any atom is -0.495 e. The van der Waals surface area contributed by atoms with E-state index in [1.165, 1.54) is 0 Å². The van der Waals surface area contributed by atoms with E-state index in [1.807, 2.05) is 43.3 Å². The van der Waals surface area contributed by atoms with Crippen molar-refractivity contribution >= 4 is 27.2 Å². The van der Waals surface area contributed by atoms with E-state index in [9.17, 15) is 13.2 Å². The zero-order chi connectivity index (χ0) is 18.5. The van der Waals surface area contributed by atoms with Gasteiger partial charge in [-0.2, -0.15) is 0 Å². The van der Waals surface area contributed by atoms with Gasteiger partial charge in [-0.1, -0.05) is 30.3 Å². The number of carbonyl (C=O) groups is 1. The number of aryl methyl sites for hydroxylation is 1. The summed E-state index contributed by atoms with van der Waals surface area (Å²) in [6, 6.07) is 13.7. The quantitative estimate of drug-likeness (QED) is 0.777. The number of para-hydroxylation sites is 3. The van der Waals surface area contributed by atoms with Gasteiger partial charge in [0.25, 0.3) is 0 Å². The van der Waals surface area contributed by atoms with Crippen LogP contribution < -0.4 is 14.5 Å². The standard InChI is InChI=1S/C19H20N2O4S/c1-13-7-3-4-8-14(13)20-16-11-26(23,24)12-17(16)21(19(20)22)15-9-5-6-10-18(15)25-2/h3-10,16-17H,11-12H2,1-2H3/t16-,17+/m0/s1. The second-order valence-electron chi connectivity index (χ2n) is 6.69. The van der Waals surface area contributed by atoms with Crippen molar-refractivity contribution in [2.45, 2.75) is 19.0 Å². The molecule has 0 spiro atoms. The third kappa shape index (κ3) is 2.54. The number of hydrogen-bond acceptors (Lipinski definition) is 4. The predicted octanol–water partition coefficient (Wildman–Crippen LogP) is 2.62. The lowest BCUT2D eigenvalue weighted by Crippen LogP contribution is -2.38. The third-order valence-electron chi connectivity index (χ3n) is 5.09. The van der Waals surface area contributed by atoms with Gasteiger partial charge in [-0.25, -0.2) is 13.2 Å². The lowest BCUT2D eigenvalue weighted by Gasteiger charge is -2.24. The monoisotopic (exact) mass is 372 g/mol. The molecule has 0 unspecified atom stereocenters. The van der Waals surface area contributed by atoms with Crippen LogP contribution in [0.3, 0.4) is 0 Å². The molecule has 2 aliphatic rings. The predicted molar refractivity (Wildman–Crippen MR) is 101 cm³/mol. The molecule has 2 aliphatic heterocycles. The minimum absolute atomic E-state index is 0.0244. The second kappa shape index (κ2) is 6.02. The molecule has 2 atom stereocenters. The van der Waals surface area contributed by atoms with Crippen LogP contribution in [-0.2, 0) is 9.84 Å². The van der Waals surface area contributed by atoms with E-state index in [4.69, 9.17) is 4.74 Å². The third-order valence-corrected chi connectivity index (χ3v) is 6.79. The maximum atomic E-state index is 13.4. The van der Waals surface area contributed by atoms with Gasteiger partial charge in [-0.3, -0.25) is 9.80 Å². The Morgan fingerprint density at radius 1 is 0.923 bits per heavy atom. The summed E-state index contributed by atoms with van der Waals surface area (Å²) >= 11 is 0. The molecule has 136 valence electrons. The summed E-state index contributed by atoms with van der Waals surface area (Å²) in [6.45, 7) is 1.92. The van der Waals surface area contributed by atoms with Crippen LogP contribution in [0, 0.1) is 6.92 Å². The first-order chi connectivity index (χ1) is 12.4. The first-order valence-corrected chi connectivity index (χ1v) is 10.3. The van der Waals surface area contributed by atoms with Gasteiger partial charge in [0.05, 0.1) is 36.4 Å². The number of amides is 2. The first-order valence-electron chi connectivity index (χ1n) is 8.44. The fourth-order valence-corrected chi connectivity index (χ4v) is 5.85. The van der Waals surface area contributed by atoms with E-state index in [-0.39, 0.29) is 17.5 Å². The van der Waals surface area contributed by atoms with Crippen LogP contribution in [0.25, 0.3) is 0 Å². The van der Waals surface area contributed by atoms with Crippen molar-refractivity contribution in [3.05, 3.63) is 54.1 Å². The normalized spacial score (nSPS) is 24.0. The average molecular weight is 372 g/mol. The number of benzene rings is 2. The van der Waals surface area contributed by atoms with Gasteiger partial charge in [-0.05, 0) is 30.7 Å². The molecule has 2 amide bonds. The van der Waals surface area contributed by atoms with Gasteiger partial charge < -0.3 is 4.74 Å². The molecular formula is C19H20N2O4S. The fourth-order valence-electron chi connectivity index (χ4n) is 3.93. The van der Waals surface area contributed by atoms with E-state index >= 15 is 0 Å². The Hall–Kier alpha value is -2.54. The summed E-state index contributed by atoms with van der Waals surface area (Å²) < 4.78 is 30.1. The molecule has 2 aromatic carbocycles. The largest absolute Gasteiger partial charge is 0.495 e. The molecule has 0 N–H and O–H groups in total. The van der Waals surface area contributed by atoms with Gasteiger partial charge >= 0.3 is 6.03 Å². The molecule has 0 saturated carbocycles. The number of rotatable bonds is 3. The van der Waals surface area contributed by atoms with Crippen molar-refractivity contribution in [3.63, 3.8) is 0 Å². The Morgan fingerprint density at radius 2 is 1.46 bits per heavy atom. The number of hydrogen-bond donors (Lipinski definition) is 0. The number of ether oxygens (including phenoxy) is 1. The molecular weight excluding hydrogens is 352 g/mol. The van der Waals surface area contributed by atoms with Crippen LogP contribution in [0.15, 0.2) is 48.5 Å². The summed E-state index contributed by atoms with van der Waals surface area (Å²) in [5.41, 5.74) is 2.29. The van der Waals surface area contributed by atoms with Crippen molar-refractivity contribution in [2.24, 2.45) is 0 Å². The maximum Gasteiger partial charge on any atom is 0.329 e. The Morgan fingerprint density at radius 3 is 2.08 bits per heavy atom. The number of sulfone groups is 1. The van der Waals surface area contributed by atoms with E-state index < -0.39 is 21.9 Å². The smallest absolute Gasteiger partial charge is 0.329 e. The summed E-state index contributed by atoms with van der Waals surface area (Å²) in [7, 11) is -1.68. The van der Waals surface area contributed by atoms with Crippen LogP contribution in [0.4, 0.5) is 16.2 Å². The number of methoxy groups -OCH3 is 1. The molecule has 7 heteroatoms. The molecule has 0 bridgehead atoms. The van der Waals surface area contributed by atoms with Gasteiger partial charge in [0.1, 0.15) is 5.75 Å². The Bertz CT molecular complexity index is 973. The number of urea groups is 1. The summed E-state index contributed by atoms with van der Waals surface area (Å²) in [4.78, 5) is 16.6. The highest BCUT2D eigenvalue weighted by Gasteiger charge is 2.55. The highest BCUT2D eigenvalue weighted by molar-refractivity contribution is 7.91. The minimum atomic E-state index is -3.22. The first kappa shape index (κ1) is 16.9. The summed E-state index contributed by atoms with van der Waals surface area (Å²) in [5, 5.41) is 0. The molecule has 4 rings (SSSR count). The Labute approximate surface area is 152 Å². The van der Waals surface area contributed by atoms with E-state index in [0.717, 1.165) is 11.3 Å². The SMILES string of the molecule is COc1ccccc1N1C(=O)N(c2ccccc2C)[C@H]2CS(=O)(=O)C[C@H]21. The maximum absolute atomic E-state index is 13.4.